The van der Waals surface area contributed by atoms with Crippen LogP contribution in [0.3, 0.4) is 0 Å². The molecule has 0 radical (unpaired) electrons. The number of nitrogens with zero attached hydrogens (tertiary/aromatic N) is 3. The molecular formula is C14H11N3S2. The van der Waals surface area contributed by atoms with Gasteiger partial charge >= 0.3 is 0 Å². The highest BCUT2D eigenvalue weighted by molar-refractivity contribution is 8.22. The molecule has 0 N–H and O–H groups in total. The van der Waals surface area contributed by atoms with Gasteiger partial charge in [0.2, 0.25) is 0 Å². The lowest BCUT2D eigenvalue weighted by Crippen LogP contribution is -2.07. The van der Waals surface area contributed by atoms with Crippen LogP contribution in [0, 0.1) is 0 Å². The molecular weight excluding hydrogens is 274 g/mol. The van der Waals surface area contributed by atoms with Crippen LogP contribution in [0.4, 0.5) is 0 Å². The van der Waals surface area contributed by atoms with E-state index in [2.05, 4.69) is 22.4 Å². The predicted octanol–water partition coefficient (Wildman–Crippen LogP) is 3.50. The van der Waals surface area contributed by atoms with Crippen molar-refractivity contribution in [2.75, 3.05) is 0 Å². The minimum atomic E-state index is 0.720. The second-order valence-electron chi connectivity index (χ2n) is 4.03. The Morgan fingerprint density at radius 1 is 1.05 bits per heavy atom. The molecule has 0 bridgehead atoms. The SMILES string of the molecule is S=C(SCc1ccccc1)n1nnc2ccccc21. The topological polar surface area (TPSA) is 30.7 Å². The van der Waals surface area contributed by atoms with Gasteiger partial charge in [0.15, 0.2) is 4.32 Å². The van der Waals surface area contributed by atoms with E-state index >= 15 is 0 Å². The smallest absolute Gasteiger partial charge is 0.164 e. The van der Waals surface area contributed by atoms with E-state index in [1.165, 1.54) is 5.56 Å². The second kappa shape index (κ2) is 5.50. The Bertz CT molecular complexity index is 707. The number of hydrogen-bond acceptors (Lipinski definition) is 4. The Morgan fingerprint density at radius 2 is 1.79 bits per heavy atom. The molecule has 0 spiro atoms. The zero-order chi connectivity index (χ0) is 13.1. The van der Waals surface area contributed by atoms with Crippen LogP contribution in [0.15, 0.2) is 54.6 Å². The summed E-state index contributed by atoms with van der Waals surface area (Å²) in [6.45, 7) is 0. The van der Waals surface area contributed by atoms with Crippen molar-refractivity contribution in [2.24, 2.45) is 0 Å². The molecule has 1 heterocycles. The number of thiocarbonyl (C=S) groups is 1. The molecule has 3 aromatic rings. The summed E-state index contributed by atoms with van der Waals surface area (Å²) >= 11 is 7.02. The lowest BCUT2D eigenvalue weighted by Gasteiger charge is -2.04. The quantitative estimate of drug-likeness (QED) is 0.674. The first-order valence-electron chi connectivity index (χ1n) is 5.86. The van der Waals surface area contributed by atoms with Gasteiger partial charge < -0.3 is 0 Å². The van der Waals surface area contributed by atoms with Crippen molar-refractivity contribution >= 4 is 39.3 Å². The van der Waals surface area contributed by atoms with Gasteiger partial charge in [0.1, 0.15) is 5.52 Å². The normalized spacial score (nSPS) is 10.7. The monoisotopic (exact) mass is 285 g/mol. The van der Waals surface area contributed by atoms with Crippen LogP contribution in [0.1, 0.15) is 5.56 Å². The largest absolute Gasteiger partial charge is 0.195 e. The van der Waals surface area contributed by atoms with Gasteiger partial charge in [0.05, 0.1) is 5.52 Å². The molecule has 3 rings (SSSR count). The van der Waals surface area contributed by atoms with Crippen LogP contribution in [0.5, 0.6) is 0 Å². The molecule has 0 aliphatic rings. The molecule has 1 aromatic heterocycles. The molecule has 3 nitrogen and oxygen atoms in total. The summed E-state index contributed by atoms with van der Waals surface area (Å²) in [4.78, 5) is 0. The molecule has 0 amide bonds. The minimum Gasteiger partial charge on any atom is -0.195 e. The molecule has 0 aliphatic heterocycles. The molecule has 0 aliphatic carbocycles. The number of rotatable bonds is 2. The van der Waals surface area contributed by atoms with Gasteiger partial charge in [0, 0.05) is 5.75 Å². The molecule has 19 heavy (non-hydrogen) atoms. The van der Waals surface area contributed by atoms with E-state index < -0.39 is 0 Å². The van der Waals surface area contributed by atoms with E-state index in [1.54, 1.807) is 16.4 Å². The van der Waals surface area contributed by atoms with Crippen LogP contribution in [0.25, 0.3) is 11.0 Å². The van der Waals surface area contributed by atoms with E-state index in [0.717, 1.165) is 21.1 Å². The van der Waals surface area contributed by atoms with Gasteiger partial charge in [-0.15, -0.1) is 5.10 Å². The van der Waals surface area contributed by atoms with E-state index in [4.69, 9.17) is 12.2 Å². The first-order valence-corrected chi connectivity index (χ1v) is 7.25. The Morgan fingerprint density at radius 3 is 2.63 bits per heavy atom. The first-order chi connectivity index (χ1) is 9.34. The van der Waals surface area contributed by atoms with E-state index in [0.29, 0.717) is 0 Å². The highest BCUT2D eigenvalue weighted by Gasteiger charge is 2.08. The third kappa shape index (κ3) is 2.67. The van der Waals surface area contributed by atoms with Crippen LogP contribution < -0.4 is 0 Å². The lowest BCUT2D eigenvalue weighted by molar-refractivity contribution is 0.880. The lowest BCUT2D eigenvalue weighted by atomic mass is 10.2. The van der Waals surface area contributed by atoms with Crippen molar-refractivity contribution in [3.8, 4) is 0 Å². The van der Waals surface area contributed by atoms with Gasteiger partial charge in [-0.3, -0.25) is 0 Å². The number of aromatic nitrogens is 3. The Hall–Kier alpha value is -1.72. The number of para-hydroxylation sites is 1. The zero-order valence-electron chi connectivity index (χ0n) is 10.1. The van der Waals surface area contributed by atoms with Gasteiger partial charge in [-0.05, 0) is 17.7 Å². The molecule has 94 valence electrons. The van der Waals surface area contributed by atoms with Gasteiger partial charge in [-0.2, -0.15) is 4.68 Å². The molecule has 5 heteroatoms. The highest BCUT2D eigenvalue weighted by atomic mass is 32.2. The fraction of sp³-hybridized carbons (Fsp3) is 0.0714. The zero-order valence-corrected chi connectivity index (χ0v) is 11.7. The number of thioether (sulfide) groups is 1. The summed E-state index contributed by atoms with van der Waals surface area (Å²) in [5, 5.41) is 8.22. The van der Waals surface area contributed by atoms with E-state index in [9.17, 15) is 0 Å². The van der Waals surface area contributed by atoms with Crippen molar-refractivity contribution < 1.29 is 0 Å². The summed E-state index contributed by atoms with van der Waals surface area (Å²) in [6.07, 6.45) is 0. The maximum absolute atomic E-state index is 5.42. The summed E-state index contributed by atoms with van der Waals surface area (Å²) in [6, 6.07) is 18.1. The average Bonchev–Trinajstić information content (AvgIpc) is 2.90. The van der Waals surface area contributed by atoms with Crippen LogP contribution in [-0.4, -0.2) is 19.3 Å². The Labute approximate surface area is 120 Å². The molecule has 0 unspecified atom stereocenters. The maximum Gasteiger partial charge on any atom is 0.164 e. The van der Waals surface area contributed by atoms with Crippen LogP contribution in [-0.2, 0) is 5.75 Å². The third-order valence-electron chi connectivity index (χ3n) is 2.73. The molecule has 0 atom stereocenters. The highest BCUT2D eigenvalue weighted by Crippen LogP contribution is 2.18. The average molecular weight is 285 g/mol. The molecule has 2 aromatic carbocycles. The summed E-state index contributed by atoms with van der Waals surface area (Å²) in [5.74, 6) is 0.841. The maximum atomic E-state index is 5.42. The van der Waals surface area contributed by atoms with Crippen molar-refractivity contribution in [3.05, 3.63) is 60.2 Å². The van der Waals surface area contributed by atoms with Crippen molar-refractivity contribution in [2.45, 2.75) is 5.75 Å². The summed E-state index contributed by atoms with van der Waals surface area (Å²) in [5.41, 5.74) is 3.07. The first kappa shape index (κ1) is 12.3. The molecule has 0 fully saturated rings. The fourth-order valence-corrected chi connectivity index (χ4v) is 2.84. The van der Waals surface area contributed by atoms with Crippen LogP contribution in [0.2, 0.25) is 0 Å². The molecule has 0 saturated heterocycles. The van der Waals surface area contributed by atoms with Crippen molar-refractivity contribution in [1.29, 1.82) is 0 Å². The van der Waals surface area contributed by atoms with E-state index in [1.807, 2.05) is 42.5 Å². The predicted molar refractivity (Wildman–Crippen MR) is 83.3 cm³/mol. The standard InChI is InChI=1S/C14H11N3S2/c18-14(19-10-11-6-2-1-3-7-11)17-13-9-5-4-8-12(13)15-16-17/h1-9H,10H2. The Balaban J connectivity index is 1.77. The fourth-order valence-electron chi connectivity index (χ4n) is 1.78. The van der Waals surface area contributed by atoms with Gasteiger partial charge in [0.25, 0.3) is 0 Å². The van der Waals surface area contributed by atoms with Gasteiger partial charge in [-0.1, -0.05) is 71.7 Å². The Kier molecular flexibility index (Phi) is 3.57. The summed E-state index contributed by atoms with van der Waals surface area (Å²) in [7, 11) is 0. The summed E-state index contributed by atoms with van der Waals surface area (Å²) < 4.78 is 2.44. The van der Waals surface area contributed by atoms with Crippen molar-refractivity contribution in [3.63, 3.8) is 0 Å². The van der Waals surface area contributed by atoms with Crippen molar-refractivity contribution in [1.82, 2.24) is 15.0 Å². The number of fused-ring (bicyclic) bond motifs is 1. The van der Waals surface area contributed by atoms with Gasteiger partial charge in [-0.25, -0.2) is 0 Å². The number of hydrogen-bond donors (Lipinski definition) is 0. The molecule has 0 saturated carbocycles. The second-order valence-corrected chi connectivity index (χ2v) is 5.64. The van der Waals surface area contributed by atoms with Crippen LogP contribution >= 0.6 is 24.0 Å². The van der Waals surface area contributed by atoms with E-state index in [-0.39, 0.29) is 0 Å². The third-order valence-corrected chi connectivity index (χ3v) is 4.15. The number of benzene rings is 2. The minimum absolute atomic E-state index is 0.720.